The topological polar surface area (TPSA) is 75.4 Å². The van der Waals surface area contributed by atoms with Crippen molar-refractivity contribution in [1.82, 2.24) is 10.2 Å². The van der Waals surface area contributed by atoms with Gasteiger partial charge in [-0.15, -0.1) is 0 Å². The van der Waals surface area contributed by atoms with Crippen LogP contribution < -0.4 is 11.1 Å². The van der Waals surface area contributed by atoms with Gasteiger partial charge in [-0.2, -0.15) is 0 Å². The van der Waals surface area contributed by atoms with E-state index in [9.17, 15) is 9.59 Å². The molecule has 2 saturated heterocycles. The van der Waals surface area contributed by atoms with Gasteiger partial charge >= 0.3 is 0 Å². The number of rotatable bonds is 2. The third-order valence-corrected chi connectivity index (χ3v) is 3.78. The fourth-order valence-electron chi connectivity index (χ4n) is 2.73. The van der Waals surface area contributed by atoms with E-state index in [0.29, 0.717) is 6.54 Å². The number of piperidine rings is 2. The Morgan fingerprint density at radius 1 is 1.18 bits per heavy atom. The van der Waals surface area contributed by atoms with Crippen molar-refractivity contribution in [3.8, 4) is 0 Å². The highest BCUT2D eigenvalue weighted by atomic mass is 16.2. The summed E-state index contributed by atoms with van der Waals surface area (Å²) in [5.74, 6) is -0.132. The zero-order valence-corrected chi connectivity index (χ0v) is 10.2. The number of carbonyl (C=O) groups excluding carboxylic acids is 2. The lowest BCUT2D eigenvalue weighted by Gasteiger charge is -2.34. The van der Waals surface area contributed by atoms with E-state index in [2.05, 4.69) is 5.32 Å². The molecule has 17 heavy (non-hydrogen) atoms. The Balaban J connectivity index is 1.91. The molecule has 2 rings (SSSR count). The molecule has 0 aliphatic carbocycles. The van der Waals surface area contributed by atoms with Crippen LogP contribution in [0.2, 0.25) is 0 Å². The average Bonchev–Trinajstić information content (AvgIpc) is 2.39. The quantitative estimate of drug-likeness (QED) is 0.695. The molecule has 96 valence electrons. The third-order valence-electron chi connectivity index (χ3n) is 3.78. The predicted molar refractivity (Wildman–Crippen MR) is 64.1 cm³/mol. The molecule has 2 aliphatic heterocycles. The van der Waals surface area contributed by atoms with Crippen LogP contribution >= 0.6 is 0 Å². The second-order valence-electron chi connectivity index (χ2n) is 5.07. The number of nitrogens with one attached hydrogen (secondary N) is 1. The van der Waals surface area contributed by atoms with E-state index < -0.39 is 0 Å². The first-order valence-electron chi connectivity index (χ1n) is 6.47. The first kappa shape index (κ1) is 12.4. The van der Waals surface area contributed by atoms with Gasteiger partial charge in [-0.1, -0.05) is 0 Å². The van der Waals surface area contributed by atoms with Crippen LogP contribution in [0.15, 0.2) is 0 Å². The van der Waals surface area contributed by atoms with Gasteiger partial charge < -0.3 is 16.0 Å². The smallest absolute Gasteiger partial charge is 0.226 e. The SMILES string of the molecule is NC(=O)C1CCCN(C(=O)[C@@H]2CCCNC2)C1. The zero-order valence-electron chi connectivity index (χ0n) is 10.2. The van der Waals surface area contributed by atoms with E-state index in [1.807, 2.05) is 4.90 Å². The molecule has 5 heteroatoms. The molecule has 0 aromatic rings. The van der Waals surface area contributed by atoms with Crippen LogP contribution in [0.5, 0.6) is 0 Å². The van der Waals surface area contributed by atoms with Gasteiger partial charge in [0.2, 0.25) is 11.8 Å². The monoisotopic (exact) mass is 239 g/mol. The molecule has 0 aromatic heterocycles. The van der Waals surface area contributed by atoms with E-state index in [4.69, 9.17) is 5.73 Å². The molecule has 2 fully saturated rings. The lowest BCUT2D eigenvalue weighted by atomic mass is 9.93. The molecule has 3 N–H and O–H groups in total. The Labute approximate surface area is 102 Å². The first-order valence-corrected chi connectivity index (χ1v) is 6.47. The van der Waals surface area contributed by atoms with Crippen molar-refractivity contribution in [3.63, 3.8) is 0 Å². The fourth-order valence-corrected chi connectivity index (χ4v) is 2.73. The van der Waals surface area contributed by atoms with Crippen molar-refractivity contribution in [1.29, 1.82) is 0 Å². The standard InChI is InChI=1S/C12H21N3O2/c13-11(16)10-4-2-6-15(8-10)12(17)9-3-1-5-14-7-9/h9-10,14H,1-8H2,(H2,13,16)/t9-,10?/m1/s1. The highest BCUT2D eigenvalue weighted by molar-refractivity contribution is 5.81. The molecule has 0 radical (unpaired) electrons. The summed E-state index contributed by atoms with van der Waals surface area (Å²) in [6.07, 6.45) is 3.73. The van der Waals surface area contributed by atoms with Crippen molar-refractivity contribution < 1.29 is 9.59 Å². The highest BCUT2D eigenvalue weighted by Gasteiger charge is 2.31. The van der Waals surface area contributed by atoms with Crippen molar-refractivity contribution in [3.05, 3.63) is 0 Å². The van der Waals surface area contributed by atoms with Crippen LogP contribution in [-0.2, 0) is 9.59 Å². The number of nitrogens with zero attached hydrogens (tertiary/aromatic N) is 1. The summed E-state index contributed by atoms with van der Waals surface area (Å²) in [7, 11) is 0. The minimum absolute atomic E-state index is 0.0929. The van der Waals surface area contributed by atoms with Gasteiger partial charge in [0.05, 0.1) is 11.8 Å². The van der Waals surface area contributed by atoms with E-state index in [1.54, 1.807) is 0 Å². The van der Waals surface area contributed by atoms with Gasteiger partial charge in [-0.3, -0.25) is 9.59 Å². The highest BCUT2D eigenvalue weighted by Crippen LogP contribution is 2.20. The number of hydrogen-bond donors (Lipinski definition) is 2. The van der Waals surface area contributed by atoms with Gasteiger partial charge in [-0.25, -0.2) is 0 Å². The van der Waals surface area contributed by atoms with Crippen molar-refractivity contribution >= 4 is 11.8 Å². The summed E-state index contributed by atoms with van der Waals surface area (Å²) in [5, 5.41) is 3.25. The number of amides is 2. The molecule has 0 saturated carbocycles. The maximum atomic E-state index is 12.3. The Kier molecular flexibility index (Phi) is 3.99. The average molecular weight is 239 g/mol. The lowest BCUT2D eigenvalue weighted by molar-refractivity contribution is -0.139. The summed E-state index contributed by atoms with van der Waals surface area (Å²) in [5.41, 5.74) is 5.32. The Bertz CT molecular complexity index is 300. The molecule has 2 aliphatic rings. The molecular formula is C12H21N3O2. The summed E-state index contributed by atoms with van der Waals surface area (Å²) < 4.78 is 0. The van der Waals surface area contributed by atoms with Gasteiger partial charge in [0, 0.05) is 19.6 Å². The van der Waals surface area contributed by atoms with E-state index in [1.165, 1.54) is 0 Å². The molecule has 1 unspecified atom stereocenters. The molecule has 0 spiro atoms. The summed E-state index contributed by atoms with van der Waals surface area (Å²) in [6.45, 7) is 3.08. The molecule has 2 amide bonds. The van der Waals surface area contributed by atoms with Crippen molar-refractivity contribution in [2.24, 2.45) is 17.6 Å². The van der Waals surface area contributed by atoms with Gasteiger partial charge in [0.15, 0.2) is 0 Å². The minimum Gasteiger partial charge on any atom is -0.369 e. The molecular weight excluding hydrogens is 218 g/mol. The van der Waals surface area contributed by atoms with Crippen molar-refractivity contribution in [2.45, 2.75) is 25.7 Å². The second kappa shape index (κ2) is 5.49. The number of likely N-dealkylation sites (tertiary alicyclic amines) is 1. The Hall–Kier alpha value is -1.10. The zero-order chi connectivity index (χ0) is 12.3. The van der Waals surface area contributed by atoms with Gasteiger partial charge in [-0.05, 0) is 32.2 Å². The van der Waals surface area contributed by atoms with Crippen molar-refractivity contribution in [2.75, 3.05) is 26.2 Å². The molecule has 2 heterocycles. The maximum Gasteiger partial charge on any atom is 0.226 e. The van der Waals surface area contributed by atoms with E-state index >= 15 is 0 Å². The summed E-state index contributed by atoms with van der Waals surface area (Å²) >= 11 is 0. The fraction of sp³-hybridized carbons (Fsp3) is 0.833. The van der Waals surface area contributed by atoms with Crippen LogP contribution in [-0.4, -0.2) is 42.9 Å². The minimum atomic E-state index is -0.274. The van der Waals surface area contributed by atoms with E-state index in [0.717, 1.165) is 45.3 Å². The van der Waals surface area contributed by atoms with Crippen LogP contribution in [0.3, 0.4) is 0 Å². The Morgan fingerprint density at radius 3 is 2.59 bits per heavy atom. The second-order valence-corrected chi connectivity index (χ2v) is 5.07. The van der Waals surface area contributed by atoms with Crippen LogP contribution in [0.1, 0.15) is 25.7 Å². The normalized spacial score (nSPS) is 30.0. The van der Waals surface area contributed by atoms with Crippen LogP contribution in [0.25, 0.3) is 0 Å². The van der Waals surface area contributed by atoms with Gasteiger partial charge in [0.1, 0.15) is 0 Å². The largest absolute Gasteiger partial charge is 0.369 e. The van der Waals surface area contributed by atoms with Crippen LogP contribution in [0, 0.1) is 11.8 Å². The number of carbonyl (C=O) groups is 2. The number of hydrogen-bond acceptors (Lipinski definition) is 3. The van der Waals surface area contributed by atoms with Gasteiger partial charge in [0.25, 0.3) is 0 Å². The molecule has 5 nitrogen and oxygen atoms in total. The van der Waals surface area contributed by atoms with E-state index in [-0.39, 0.29) is 23.7 Å². The summed E-state index contributed by atoms with van der Waals surface area (Å²) in [4.78, 5) is 25.3. The van der Waals surface area contributed by atoms with Crippen LogP contribution in [0.4, 0.5) is 0 Å². The maximum absolute atomic E-state index is 12.3. The lowest BCUT2D eigenvalue weighted by Crippen LogP contribution is -2.48. The predicted octanol–water partition coefficient (Wildman–Crippen LogP) is -0.290. The summed E-state index contributed by atoms with van der Waals surface area (Å²) in [6, 6.07) is 0. The molecule has 2 atom stereocenters. The first-order chi connectivity index (χ1) is 8.18. The molecule has 0 aromatic carbocycles. The Morgan fingerprint density at radius 2 is 1.94 bits per heavy atom. The molecule has 0 bridgehead atoms. The number of primary amides is 1. The third kappa shape index (κ3) is 2.97. The number of nitrogens with two attached hydrogens (primary N) is 1.